The van der Waals surface area contributed by atoms with Crippen LogP contribution in [0.1, 0.15) is 36.7 Å². The van der Waals surface area contributed by atoms with E-state index in [0.29, 0.717) is 13.2 Å². The number of hydrogen-bond donors (Lipinski definition) is 0. The number of methoxy groups -OCH3 is 1. The van der Waals surface area contributed by atoms with Gasteiger partial charge in [-0.25, -0.2) is 13.2 Å². The summed E-state index contributed by atoms with van der Waals surface area (Å²) in [4.78, 5) is 26.3. The van der Waals surface area contributed by atoms with Gasteiger partial charge in [0.25, 0.3) is 5.91 Å². The van der Waals surface area contributed by atoms with E-state index in [4.69, 9.17) is 14.2 Å². The quantitative estimate of drug-likeness (QED) is 0.420. The highest BCUT2D eigenvalue weighted by Crippen LogP contribution is 2.28. The fourth-order valence-corrected chi connectivity index (χ4v) is 4.89. The predicted octanol–water partition coefficient (Wildman–Crippen LogP) is 2.94. The standard InChI is InChI=1S/C24H32N2O7S/c1-6-26(7-2)34(29,30)22-15-19(11-14-21(22)31-5)24(28)33-17-23(27)25(4)16-18-9-12-20(13-10-18)32-8-3/h9-15H,6-8,16-17H2,1-5H3. The summed E-state index contributed by atoms with van der Waals surface area (Å²) in [5.41, 5.74) is 0.903. The molecule has 0 bridgehead atoms. The maximum atomic E-state index is 13.0. The summed E-state index contributed by atoms with van der Waals surface area (Å²) >= 11 is 0. The van der Waals surface area contributed by atoms with E-state index in [1.807, 2.05) is 31.2 Å². The highest BCUT2D eigenvalue weighted by atomic mass is 32.2. The minimum absolute atomic E-state index is 0.00787. The van der Waals surface area contributed by atoms with Crippen LogP contribution >= 0.6 is 0 Å². The molecule has 0 unspecified atom stereocenters. The Morgan fingerprint density at radius 2 is 1.62 bits per heavy atom. The lowest BCUT2D eigenvalue weighted by molar-refractivity contribution is -0.133. The van der Waals surface area contributed by atoms with Gasteiger partial charge >= 0.3 is 5.97 Å². The Bertz CT molecular complexity index is 1080. The van der Waals surface area contributed by atoms with Crippen molar-refractivity contribution in [1.82, 2.24) is 9.21 Å². The van der Waals surface area contributed by atoms with Crippen molar-refractivity contribution < 1.29 is 32.2 Å². The van der Waals surface area contributed by atoms with Gasteiger partial charge in [-0.05, 0) is 42.8 Å². The number of rotatable bonds is 12. The third-order valence-electron chi connectivity index (χ3n) is 5.13. The molecule has 0 fully saturated rings. The summed E-state index contributed by atoms with van der Waals surface area (Å²) in [5, 5.41) is 0. The lowest BCUT2D eigenvalue weighted by Crippen LogP contribution is -2.31. The van der Waals surface area contributed by atoms with Gasteiger partial charge in [0.1, 0.15) is 16.4 Å². The van der Waals surface area contributed by atoms with Crippen molar-refractivity contribution in [3.8, 4) is 11.5 Å². The zero-order valence-corrected chi connectivity index (χ0v) is 21.1. The van der Waals surface area contributed by atoms with E-state index >= 15 is 0 Å². The van der Waals surface area contributed by atoms with E-state index in [0.717, 1.165) is 11.3 Å². The molecule has 0 aliphatic rings. The van der Waals surface area contributed by atoms with E-state index in [1.54, 1.807) is 20.9 Å². The molecule has 186 valence electrons. The molecule has 10 heteroatoms. The molecule has 0 saturated heterocycles. The highest BCUT2D eigenvalue weighted by molar-refractivity contribution is 7.89. The number of sulfonamides is 1. The first kappa shape index (κ1) is 27.1. The van der Waals surface area contributed by atoms with Gasteiger partial charge in [0.05, 0.1) is 19.3 Å². The second-order valence-corrected chi connectivity index (χ2v) is 9.26. The summed E-state index contributed by atoms with van der Waals surface area (Å²) in [6, 6.07) is 11.4. The minimum Gasteiger partial charge on any atom is -0.495 e. The topological polar surface area (TPSA) is 102 Å². The van der Waals surface area contributed by atoms with Gasteiger partial charge in [-0.1, -0.05) is 26.0 Å². The molecular formula is C24H32N2O7S. The Balaban J connectivity index is 2.07. The first-order chi connectivity index (χ1) is 16.2. The normalized spacial score (nSPS) is 11.2. The molecule has 0 aliphatic carbocycles. The molecule has 0 aliphatic heterocycles. The van der Waals surface area contributed by atoms with Gasteiger partial charge in [-0.2, -0.15) is 4.31 Å². The van der Waals surface area contributed by atoms with Gasteiger partial charge in [-0.15, -0.1) is 0 Å². The van der Waals surface area contributed by atoms with Crippen LogP contribution in [0.3, 0.4) is 0 Å². The summed E-state index contributed by atoms with van der Waals surface area (Å²) in [7, 11) is -0.909. The van der Waals surface area contributed by atoms with Crippen LogP contribution in [0.4, 0.5) is 0 Å². The van der Waals surface area contributed by atoms with Crippen LogP contribution in [0.2, 0.25) is 0 Å². The van der Waals surface area contributed by atoms with Crippen molar-refractivity contribution >= 4 is 21.9 Å². The molecule has 1 amide bonds. The largest absolute Gasteiger partial charge is 0.495 e. The van der Waals surface area contributed by atoms with Crippen molar-refractivity contribution in [2.45, 2.75) is 32.2 Å². The Labute approximate surface area is 201 Å². The van der Waals surface area contributed by atoms with Crippen LogP contribution < -0.4 is 9.47 Å². The zero-order chi connectivity index (χ0) is 25.3. The van der Waals surface area contributed by atoms with Gasteiger partial charge in [0.15, 0.2) is 6.61 Å². The molecule has 9 nitrogen and oxygen atoms in total. The van der Waals surface area contributed by atoms with Crippen molar-refractivity contribution in [2.75, 3.05) is 40.5 Å². The molecule has 0 N–H and O–H groups in total. The van der Waals surface area contributed by atoms with Crippen LogP contribution in [0, 0.1) is 0 Å². The molecule has 34 heavy (non-hydrogen) atoms. The molecular weight excluding hydrogens is 460 g/mol. The summed E-state index contributed by atoms with van der Waals surface area (Å²) in [5.74, 6) is -0.334. The predicted molar refractivity (Wildman–Crippen MR) is 127 cm³/mol. The molecule has 2 aromatic carbocycles. The number of carbonyl (C=O) groups excluding carboxylic acids is 2. The average Bonchev–Trinajstić information content (AvgIpc) is 2.83. The smallest absolute Gasteiger partial charge is 0.338 e. The lowest BCUT2D eigenvalue weighted by Gasteiger charge is -2.20. The monoisotopic (exact) mass is 492 g/mol. The number of hydrogen-bond acceptors (Lipinski definition) is 7. The SMILES string of the molecule is CCOc1ccc(CN(C)C(=O)COC(=O)c2ccc(OC)c(S(=O)(=O)N(CC)CC)c2)cc1. The van der Waals surface area contributed by atoms with Crippen molar-refractivity contribution in [1.29, 1.82) is 0 Å². The van der Waals surface area contributed by atoms with E-state index < -0.39 is 28.5 Å². The first-order valence-corrected chi connectivity index (χ1v) is 12.4. The fourth-order valence-electron chi connectivity index (χ4n) is 3.25. The van der Waals surface area contributed by atoms with E-state index in [2.05, 4.69) is 0 Å². The number of likely N-dealkylation sites (N-methyl/N-ethyl adjacent to an activating group) is 1. The van der Waals surface area contributed by atoms with Gasteiger partial charge in [0, 0.05) is 26.7 Å². The lowest BCUT2D eigenvalue weighted by atomic mass is 10.2. The molecule has 2 rings (SSSR count). The third-order valence-corrected chi connectivity index (χ3v) is 7.20. The molecule has 0 radical (unpaired) electrons. The van der Waals surface area contributed by atoms with Crippen LogP contribution in [0.25, 0.3) is 0 Å². The average molecular weight is 493 g/mol. The minimum atomic E-state index is -3.87. The molecule has 0 aromatic heterocycles. The van der Waals surface area contributed by atoms with Gasteiger partial charge in [0.2, 0.25) is 10.0 Å². The van der Waals surface area contributed by atoms with E-state index in [-0.39, 0.29) is 29.3 Å². The van der Waals surface area contributed by atoms with Crippen LogP contribution in [-0.2, 0) is 26.1 Å². The van der Waals surface area contributed by atoms with Gasteiger partial charge < -0.3 is 19.1 Å². The number of amides is 1. The van der Waals surface area contributed by atoms with E-state index in [9.17, 15) is 18.0 Å². The molecule has 0 saturated carbocycles. The maximum absolute atomic E-state index is 13.0. The number of esters is 1. The number of benzene rings is 2. The Morgan fingerprint density at radius 1 is 0.971 bits per heavy atom. The molecule has 0 spiro atoms. The second kappa shape index (κ2) is 12.4. The van der Waals surface area contributed by atoms with E-state index in [1.165, 1.54) is 34.5 Å². The van der Waals surface area contributed by atoms with Crippen molar-refractivity contribution in [3.05, 3.63) is 53.6 Å². The van der Waals surface area contributed by atoms with Crippen LogP contribution in [-0.4, -0.2) is 70.0 Å². The third kappa shape index (κ3) is 6.71. The summed E-state index contributed by atoms with van der Waals surface area (Å²) in [6.07, 6.45) is 0. The molecule has 2 aromatic rings. The number of ether oxygens (including phenoxy) is 3. The molecule has 0 heterocycles. The fraction of sp³-hybridized carbons (Fsp3) is 0.417. The Hall–Kier alpha value is -3.11. The number of nitrogens with zero attached hydrogens (tertiary/aromatic N) is 2. The highest BCUT2D eigenvalue weighted by Gasteiger charge is 2.27. The maximum Gasteiger partial charge on any atom is 0.338 e. The molecule has 0 atom stereocenters. The Kier molecular flexibility index (Phi) is 9.88. The van der Waals surface area contributed by atoms with Crippen LogP contribution in [0.15, 0.2) is 47.4 Å². The number of carbonyl (C=O) groups is 2. The summed E-state index contributed by atoms with van der Waals surface area (Å²) < 4.78 is 42.9. The first-order valence-electron chi connectivity index (χ1n) is 11.0. The zero-order valence-electron chi connectivity index (χ0n) is 20.2. The van der Waals surface area contributed by atoms with Crippen LogP contribution in [0.5, 0.6) is 11.5 Å². The summed E-state index contributed by atoms with van der Waals surface area (Å²) in [6.45, 7) is 6.31. The Morgan fingerprint density at radius 3 is 2.18 bits per heavy atom. The second-order valence-electron chi connectivity index (χ2n) is 7.36. The van der Waals surface area contributed by atoms with Crippen molar-refractivity contribution in [2.24, 2.45) is 0 Å². The van der Waals surface area contributed by atoms with Crippen molar-refractivity contribution in [3.63, 3.8) is 0 Å². The van der Waals surface area contributed by atoms with Gasteiger partial charge in [-0.3, -0.25) is 4.79 Å².